The highest BCUT2D eigenvalue weighted by Gasteiger charge is 2.14. The van der Waals surface area contributed by atoms with Gasteiger partial charge in [-0.2, -0.15) is 0 Å². The summed E-state index contributed by atoms with van der Waals surface area (Å²) in [7, 11) is 1.90. The van der Waals surface area contributed by atoms with Crippen LogP contribution in [0.5, 0.6) is 0 Å². The van der Waals surface area contributed by atoms with Crippen molar-refractivity contribution in [2.75, 3.05) is 12.4 Å². The Hall–Kier alpha value is -2.10. The van der Waals surface area contributed by atoms with Crippen LogP contribution in [0.1, 0.15) is 13.3 Å². The first kappa shape index (κ1) is 12.4. The van der Waals surface area contributed by atoms with Gasteiger partial charge in [0.1, 0.15) is 0 Å². The van der Waals surface area contributed by atoms with Crippen LogP contribution in [0.25, 0.3) is 12.2 Å². The van der Waals surface area contributed by atoms with E-state index in [1.165, 1.54) is 6.21 Å². The van der Waals surface area contributed by atoms with Gasteiger partial charge in [-0.25, -0.2) is 0 Å². The molecule has 1 aromatic rings. The zero-order valence-electron chi connectivity index (χ0n) is 10.7. The van der Waals surface area contributed by atoms with E-state index in [0.29, 0.717) is 5.70 Å². The van der Waals surface area contributed by atoms with Crippen molar-refractivity contribution in [2.45, 2.75) is 13.3 Å². The molecule has 0 fully saturated rings. The lowest BCUT2D eigenvalue weighted by Gasteiger charge is -2.17. The highest BCUT2D eigenvalue weighted by Crippen LogP contribution is 2.19. The normalized spacial score (nSPS) is 18.9. The summed E-state index contributed by atoms with van der Waals surface area (Å²) in [4.78, 5) is 4.36. The molecule has 2 rings (SSSR count). The molecule has 0 radical (unpaired) electrons. The van der Waals surface area contributed by atoms with Crippen LogP contribution >= 0.6 is 0 Å². The van der Waals surface area contributed by atoms with E-state index in [0.717, 1.165) is 28.2 Å². The molecule has 18 heavy (non-hydrogen) atoms. The fourth-order valence-electron chi connectivity index (χ4n) is 2.28. The third kappa shape index (κ3) is 2.14. The second-order valence-electron chi connectivity index (χ2n) is 4.40. The molecule has 4 heteroatoms. The number of allylic oxidation sites excluding steroid dienone is 2. The van der Waals surface area contributed by atoms with E-state index < -0.39 is 0 Å². The van der Waals surface area contributed by atoms with E-state index in [-0.39, 0.29) is 5.92 Å². The number of rotatable bonds is 3. The molecule has 0 spiro atoms. The maximum atomic E-state index is 7.48. The van der Waals surface area contributed by atoms with Crippen LogP contribution in [0.2, 0.25) is 0 Å². The van der Waals surface area contributed by atoms with E-state index in [1.54, 1.807) is 6.20 Å². The first-order valence-electron chi connectivity index (χ1n) is 5.99. The van der Waals surface area contributed by atoms with Gasteiger partial charge in [0.15, 0.2) is 0 Å². The number of anilines is 1. The minimum atomic E-state index is 0.163. The molecule has 0 bridgehead atoms. The molecule has 1 atom stereocenters. The predicted octanol–water partition coefficient (Wildman–Crippen LogP) is 0.586. The lowest BCUT2D eigenvalue weighted by Crippen LogP contribution is -2.34. The third-order valence-corrected chi connectivity index (χ3v) is 3.23. The van der Waals surface area contributed by atoms with Gasteiger partial charge in [-0.1, -0.05) is 12.2 Å². The van der Waals surface area contributed by atoms with Gasteiger partial charge in [0, 0.05) is 42.0 Å². The summed E-state index contributed by atoms with van der Waals surface area (Å²) in [6.07, 6.45) is 8.24. The van der Waals surface area contributed by atoms with Crippen LogP contribution in [0.15, 0.2) is 23.5 Å². The molecule has 94 valence electrons. The van der Waals surface area contributed by atoms with E-state index >= 15 is 0 Å². The van der Waals surface area contributed by atoms with Crippen LogP contribution in [0, 0.1) is 11.3 Å². The number of nitrogens with one attached hydrogen (secondary N) is 2. The second kappa shape index (κ2) is 5.04. The minimum absolute atomic E-state index is 0.163. The van der Waals surface area contributed by atoms with Crippen LogP contribution < -0.4 is 21.6 Å². The maximum absolute atomic E-state index is 7.48. The van der Waals surface area contributed by atoms with Crippen molar-refractivity contribution in [1.29, 1.82) is 5.41 Å². The lowest BCUT2D eigenvalue weighted by atomic mass is 9.90. The van der Waals surface area contributed by atoms with Gasteiger partial charge in [0.2, 0.25) is 0 Å². The molecule has 1 aliphatic rings. The molecule has 1 heterocycles. The zero-order valence-corrected chi connectivity index (χ0v) is 10.7. The van der Waals surface area contributed by atoms with Gasteiger partial charge >= 0.3 is 0 Å². The highest BCUT2D eigenvalue weighted by atomic mass is 14.8. The molecular formula is C14H18N4. The Morgan fingerprint density at radius 3 is 3.00 bits per heavy atom. The monoisotopic (exact) mass is 242 g/mol. The van der Waals surface area contributed by atoms with Gasteiger partial charge in [-0.3, -0.25) is 4.98 Å². The minimum Gasteiger partial charge on any atom is -0.402 e. The Labute approximate surface area is 106 Å². The summed E-state index contributed by atoms with van der Waals surface area (Å²) in [5, 5.41) is 12.7. The Bertz CT molecular complexity index is 609. The standard InChI is InChI=1S/C14H18N4/c1-9(16)12(8-15)10-3-4-14-11(7-10)13(17-2)5-6-18-14/h4-8,10,15,17H,3,16H2,1-2H3. The molecule has 4 nitrogen and oxygen atoms in total. The number of nitrogens with two attached hydrogens (primary N) is 1. The summed E-state index contributed by atoms with van der Waals surface area (Å²) < 4.78 is 0. The average molecular weight is 242 g/mol. The highest BCUT2D eigenvalue weighted by molar-refractivity contribution is 5.80. The fraction of sp³-hybridized carbons (Fsp3) is 0.286. The summed E-state index contributed by atoms with van der Waals surface area (Å²) in [5.74, 6) is 0.163. The van der Waals surface area contributed by atoms with Crippen molar-refractivity contribution in [2.24, 2.45) is 11.7 Å². The van der Waals surface area contributed by atoms with Crippen molar-refractivity contribution in [3.63, 3.8) is 0 Å². The van der Waals surface area contributed by atoms with Crippen LogP contribution in [0.3, 0.4) is 0 Å². The van der Waals surface area contributed by atoms with E-state index in [1.807, 2.05) is 20.0 Å². The molecule has 0 saturated heterocycles. The average Bonchev–Trinajstić information content (AvgIpc) is 2.38. The van der Waals surface area contributed by atoms with E-state index in [4.69, 9.17) is 11.1 Å². The largest absolute Gasteiger partial charge is 0.402 e. The summed E-state index contributed by atoms with van der Waals surface area (Å²) >= 11 is 0. The third-order valence-electron chi connectivity index (χ3n) is 3.23. The first-order valence-corrected chi connectivity index (χ1v) is 5.99. The van der Waals surface area contributed by atoms with E-state index in [2.05, 4.69) is 22.5 Å². The van der Waals surface area contributed by atoms with E-state index in [9.17, 15) is 0 Å². The quantitative estimate of drug-likeness (QED) is 0.679. The van der Waals surface area contributed by atoms with Crippen LogP contribution in [-0.2, 0) is 0 Å². The predicted molar refractivity (Wildman–Crippen MR) is 75.7 cm³/mol. The van der Waals surface area contributed by atoms with Crippen molar-refractivity contribution < 1.29 is 0 Å². The van der Waals surface area contributed by atoms with Gasteiger partial charge < -0.3 is 16.5 Å². The number of hydrogen-bond donors (Lipinski definition) is 3. The summed E-state index contributed by atoms with van der Waals surface area (Å²) in [5.41, 5.74) is 8.47. The van der Waals surface area contributed by atoms with Gasteiger partial charge in [0.25, 0.3) is 0 Å². The Morgan fingerprint density at radius 1 is 1.61 bits per heavy atom. The molecule has 0 amide bonds. The Morgan fingerprint density at radius 2 is 2.39 bits per heavy atom. The number of pyridine rings is 1. The van der Waals surface area contributed by atoms with Gasteiger partial charge in [-0.15, -0.1) is 0 Å². The summed E-state index contributed by atoms with van der Waals surface area (Å²) in [6, 6.07) is 1.95. The molecule has 0 aromatic carbocycles. The van der Waals surface area contributed by atoms with Crippen molar-refractivity contribution in [3.8, 4) is 0 Å². The molecular weight excluding hydrogens is 224 g/mol. The van der Waals surface area contributed by atoms with Crippen molar-refractivity contribution >= 4 is 24.1 Å². The molecule has 1 unspecified atom stereocenters. The lowest BCUT2D eigenvalue weighted by molar-refractivity contribution is 0.845. The van der Waals surface area contributed by atoms with Crippen molar-refractivity contribution in [3.05, 3.63) is 34.1 Å². The Kier molecular flexibility index (Phi) is 3.46. The Balaban J connectivity index is 2.58. The molecule has 4 N–H and O–H groups in total. The SMILES string of the molecule is CNc1ccnc2c1=CC(C(C=N)=C(C)N)CC=2. The van der Waals surface area contributed by atoms with Crippen molar-refractivity contribution in [1.82, 2.24) is 4.98 Å². The molecule has 0 aliphatic heterocycles. The van der Waals surface area contributed by atoms with Crippen LogP contribution in [-0.4, -0.2) is 18.2 Å². The first-order chi connectivity index (χ1) is 8.67. The number of aromatic nitrogens is 1. The fourth-order valence-corrected chi connectivity index (χ4v) is 2.28. The topological polar surface area (TPSA) is 74.8 Å². The number of nitrogens with zero attached hydrogens (tertiary/aromatic N) is 1. The maximum Gasteiger partial charge on any atom is 0.0680 e. The van der Waals surface area contributed by atoms with Gasteiger partial charge in [0.05, 0.1) is 5.35 Å². The zero-order chi connectivity index (χ0) is 13.1. The van der Waals surface area contributed by atoms with Gasteiger partial charge in [-0.05, 0) is 25.0 Å². The number of hydrogen-bond acceptors (Lipinski definition) is 4. The molecule has 1 aliphatic carbocycles. The number of fused-ring (bicyclic) bond motifs is 1. The van der Waals surface area contributed by atoms with Crippen LogP contribution in [0.4, 0.5) is 5.69 Å². The molecule has 1 aromatic heterocycles. The second-order valence-corrected chi connectivity index (χ2v) is 4.40. The molecule has 0 saturated carbocycles. The smallest absolute Gasteiger partial charge is 0.0680 e. The summed E-state index contributed by atoms with van der Waals surface area (Å²) in [6.45, 7) is 1.84.